The Balaban J connectivity index is 3.26. The predicted molar refractivity (Wildman–Crippen MR) is 63.7 cm³/mol. The van der Waals surface area contributed by atoms with E-state index in [2.05, 4.69) is 5.32 Å². The molecule has 90 valence electrons. The van der Waals surface area contributed by atoms with Crippen LogP contribution < -0.4 is 10.1 Å². The number of methoxy groups -OCH3 is 1. The van der Waals surface area contributed by atoms with Gasteiger partial charge < -0.3 is 10.1 Å². The van der Waals surface area contributed by atoms with E-state index in [1.54, 1.807) is 25.3 Å². The number of likely N-dealkylation sites (N-methyl/N-ethyl adjacent to an activating group) is 1. The fourth-order valence-corrected chi connectivity index (χ4v) is 2.56. The molecule has 0 unspecified atom stereocenters. The van der Waals surface area contributed by atoms with Crippen molar-refractivity contribution in [2.75, 3.05) is 27.0 Å². The second kappa shape index (κ2) is 5.32. The number of benzene rings is 1. The van der Waals surface area contributed by atoms with Gasteiger partial charge in [0.25, 0.3) is 0 Å². The molecule has 4 nitrogen and oxygen atoms in total. The maximum Gasteiger partial charge on any atom is 0.175 e. The Kier molecular flexibility index (Phi) is 4.32. The molecule has 1 rings (SSSR count). The minimum atomic E-state index is -3.20. The third-order valence-electron chi connectivity index (χ3n) is 2.33. The Bertz CT molecular complexity index is 454. The summed E-state index contributed by atoms with van der Waals surface area (Å²) < 4.78 is 28.4. The Labute approximate surface area is 96.5 Å². The van der Waals surface area contributed by atoms with E-state index in [0.29, 0.717) is 23.6 Å². The number of hydrogen-bond donors (Lipinski definition) is 1. The van der Waals surface area contributed by atoms with E-state index in [9.17, 15) is 8.42 Å². The van der Waals surface area contributed by atoms with E-state index in [-0.39, 0.29) is 0 Å². The summed E-state index contributed by atoms with van der Waals surface area (Å²) in [4.78, 5) is 0.349. The summed E-state index contributed by atoms with van der Waals surface area (Å²) in [6, 6.07) is 5.08. The molecule has 0 atom stereocenters. The topological polar surface area (TPSA) is 55.4 Å². The van der Waals surface area contributed by atoms with Crippen LogP contribution in [0.15, 0.2) is 23.1 Å². The minimum absolute atomic E-state index is 0.349. The van der Waals surface area contributed by atoms with Gasteiger partial charge in [-0.3, -0.25) is 0 Å². The van der Waals surface area contributed by atoms with Gasteiger partial charge in [0.15, 0.2) is 9.84 Å². The van der Waals surface area contributed by atoms with Crippen LogP contribution in [0.4, 0.5) is 0 Å². The van der Waals surface area contributed by atoms with Crippen LogP contribution in [0, 0.1) is 0 Å². The zero-order chi connectivity index (χ0) is 12.2. The van der Waals surface area contributed by atoms with Crippen LogP contribution in [0.25, 0.3) is 0 Å². The smallest absolute Gasteiger partial charge is 0.175 e. The fourth-order valence-electron chi connectivity index (χ4n) is 1.58. The van der Waals surface area contributed by atoms with E-state index in [1.165, 1.54) is 6.26 Å². The van der Waals surface area contributed by atoms with Crippen molar-refractivity contribution in [1.29, 1.82) is 0 Å². The summed E-state index contributed by atoms with van der Waals surface area (Å²) in [5.74, 6) is 0.623. The van der Waals surface area contributed by atoms with Crippen molar-refractivity contribution in [1.82, 2.24) is 5.32 Å². The van der Waals surface area contributed by atoms with Crippen molar-refractivity contribution in [3.8, 4) is 5.75 Å². The molecular formula is C11H17NO3S. The predicted octanol–water partition coefficient (Wildman–Crippen LogP) is 0.861. The summed E-state index contributed by atoms with van der Waals surface area (Å²) >= 11 is 0. The Morgan fingerprint density at radius 1 is 1.38 bits per heavy atom. The van der Waals surface area contributed by atoms with Gasteiger partial charge in [0.2, 0.25) is 0 Å². The Hall–Kier alpha value is -1.07. The van der Waals surface area contributed by atoms with Gasteiger partial charge in [0, 0.05) is 11.8 Å². The molecule has 0 spiro atoms. The standard InChI is InChI=1S/C11H17NO3S/c1-12-8-7-9-10(15-2)5-4-6-11(9)16(3,13)14/h4-6,12H,7-8H2,1-3H3. The molecule has 1 aromatic rings. The van der Waals surface area contributed by atoms with Crippen molar-refractivity contribution in [3.63, 3.8) is 0 Å². The van der Waals surface area contributed by atoms with Gasteiger partial charge in [0.1, 0.15) is 5.75 Å². The van der Waals surface area contributed by atoms with Crippen LogP contribution >= 0.6 is 0 Å². The maximum absolute atomic E-state index is 11.6. The van der Waals surface area contributed by atoms with E-state index >= 15 is 0 Å². The molecule has 0 radical (unpaired) electrons. The van der Waals surface area contributed by atoms with Gasteiger partial charge in [0.05, 0.1) is 12.0 Å². The number of nitrogens with one attached hydrogen (secondary N) is 1. The molecule has 0 aliphatic heterocycles. The highest BCUT2D eigenvalue weighted by Gasteiger charge is 2.16. The van der Waals surface area contributed by atoms with Crippen molar-refractivity contribution in [2.24, 2.45) is 0 Å². The normalized spacial score (nSPS) is 11.4. The van der Waals surface area contributed by atoms with Crippen LogP contribution in [-0.2, 0) is 16.3 Å². The molecule has 0 aromatic heterocycles. The summed E-state index contributed by atoms with van der Waals surface area (Å²) in [5.41, 5.74) is 0.738. The van der Waals surface area contributed by atoms with Crippen molar-refractivity contribution >= 4 is 9.84 Å². The molecular weight excluding hydrogens is 226 g/mol. The first-order valence-corrected chi connectivity index (χ1v) is 6.90. The molecule has 0 saturated heterocycles. The highest BCUT2D eigenvalue weighted by Crippen LogP contribution is 2.26. The lowest BCUT2D eigenvalue weighted by Crippen LogP contribution is -2.13. The van der Waals surface area contributed by atoms with E-state index < -0.39 is 9.84 Å². The Morgan fingerprint density at radius 3 is 2.56 bits per heavy atom. The zero-order valence-electron chi connectivity index (χ0n) is 9.78. The second-order valence-corrected chi connectivity index (χ2v) is 5.55. The van der Waals surface area contributed by atoms with Crippen molar-refractivity contribution in [2.45, 2.75) is 11.3 Å². The van der Waals surface area contributed by atoms with Gasteiger partial charge in [-0.1, -0.05) is 6.07 Å². The van der Waals surface area contributed by atoms with Crippen molar-refractivity contribution < 1.29 is 13.2 Å². The second-order valence-electron chi connectivity index (χ2n) is 3.56. The fraction of sp³-hybridized carbons (Fsp3) is 0.455. The van der Waals surface area contributed by atoms with E-state index in [0.717, 1.165) is 5.56 Å². The molecule has 0 aliphatic rings. The molecule has 0 fully saturated rings. The number of sulfone groups is 1. The van der Waals surface area contributed by atoms with E-state index in [4.69, 9.17) is 4.74 Å². The first-order chi connectivity index (χ1) is 7.50. The lowest BCUT2D eigenvalue weighted by molar-refractivity contribution is 0.407. The maximum atomic E-state index is 11.6. The highest BCUT2D eigenvalue weighted by atomic mass is 32.2. The Morgan fingerprint density at radius 2 is 2.06 bits per heavy atom. The molecule has 0 saturated carbocycles. The zero-order valence-corrected chi connectivity index (χ0v) is 10.6. The molecule has 0 heterocycles. The average molecular weight is 243 g/mol. The van der Waals surface area contributed by atoms with Crippen LogP contribution in [0.3, 0.4) is 0 Å². The van der Waals surface area contributed by atoms with Gasteiger partial charge in [-0.2, -0.15) is 0 Å². The van der Waals surface area contributed by atoms with E-state index in [1.807, 2.05) is 7.05 Å². The highest BCUT2D eigenvalue weighted by molar-refractivity contribution is 7.90. The number of rotatable bonds is 5. The van der Waals surface area contributed by atoms with Gasteiger partial charge in [-0.25, -0.2) is 8.42 Å². The number of ether oxygens (including phenoxy) is 1. The molecule has 1 N–H and O–H groups in total. The largest absolute Gasteiger partial charge is 0.496 e. The summed E-state index contributed by atoms with van der Waals surface area (Å²) in [5, 5.41) is 3.00. The SMILES string of the molecule is CNCCc1c(OC)cccc1S(C)(=O)=O. The first kappa shape index (κ1) is 13.0. The van der Waals surface area contributed by atoms with Crippen LogP contribution in [0.5, 0.6) is 5.75 Å². The van der Waals surface area contributed by atoms with Crippen LogP contribution in [0.1, 0.15) is 5.56 Å². The third-order valence-corrected chi connectivity index (χ3v) is 3.52. The molecule has 1 aromatic carbocycles. The molecule has 5 heteroatoms. The summed E-state index contributed by atoms with van der Waals surface area (Å²) in [7, 11) is 0.171. The first-order valence-electron chi connectivity index (χ1n) is 5.01. The summed E-state index contributed by atoms with van der Waals surface area (Å²) in [6.45, 7) is 0.711. The number of hydrogen-bond acceptors (Lipinski definition) is 4. The summed E-state index contributed by atoms with van der Waals surface area (Å²) in [6.07, 6.45) is 1.84. The quantitative estimate of drug-likeness (QED) is 0.833. The molecule has 0 aliphatic carbocycles. The molecule has 0 bridgehead atoms. The van der Waals surface area contributed by atoms with Crippen molar-refractivity contribution in [3.05, 3.63) is 23.8 Å². The lowest BCUT2D eigenvalue weighted by atomic mass is 10.1. The average Bonchev–Trinajstić information content (AvgIpc) is 2.24. The molecule has 0 amide bonds. The third kappa shape index (κ3) is 2.96. The van der Waals surface area contributed by atoms with Crippen LogP contribution in [0.2, 0.25) is 0 Å². The van der Waals surface area contributed by atoms with Gasteiger partial charge in [-0.15, -0.1) is 0 Å². The lowest BCUT2D eigenvalue weighted by Gasteiger charge is -2.12. The minimum Gasteiger partial charge on any atom is -0.496 e. The van der Waals surface area contributed by atoms with Crippen LogP contribution in [-0.4, -0.2) is 35.4 Å². The monoisotopic (exact) mass is 243 g/mol. The molecule has 16 heavy (non-hydrogen) atoms. The van der Waals surface area contributed by atoms with Gasteiger partial charge in [-0.05, 0) is 32.1 Å². The van der Waals surface area contributed by atoms with Gasteiger partial charge >= 0.3 is 0 Å².